The van der Waals surface area contributed by atoms with Gasteiger partial charge in [-0.1, -0.05) is 0 Å². The topological polar surface area (TPSA) is 104 Å². The van der Waals surface area contributed by atoms with Gasteiger partial charge in [-0.3, -0.25) is 10.1 Å². The standard InChI is InChI=1S/C10H6Br2N4O3/c11-6-3-5(16(17)18)4-7(12)8(6)19-10-9(13)14-1-2-15-10/h1-4H,(H2,13,14). The van der Waals surface area contributed by atoms with Gasteiger partial charge in [-0.25, -0.2) is 9.97 Å². The predicted octanol–water partition coefficient (Wildman–Crippen LogP) is 3.28. The maximum Gasteiger partial charge on any atom is 0.271 e. The van der Waals surface area contributed by atoms with Crippen LogP contribution in [0.1, 0.15) is 0 Å². The van der Waals surface area contributed by atoms with Gasteiger partial charge >= 0.3 is 0 Å². The largest absolute Gasteiger partial charge is 0.434 e. The third-order valence-corrected chi connectivity index (χ3v) is 3.26. The van der Waals surface area contributed by atoms with E-state index >= 15 is 0 Å². The van der Waals surface area contributed by atoms with E-state index in [0.29, 0.717) is 14.7 Å². The molecule has 1 aromatic heterocycles. The number of nitrogen functional groups attached to an aromatic ring is 1. The molecule has 0 aliphatic heterocycles. The Balaban J connectivity index is 2.42. The van der Waals surface area contributed by atoms with Gasteiger partial charge in [0.2, 0.25) is 0 Å². The van der Waals surface area contributed by atoms with Crippen molar-refractivity contribution in [3.05, 3.63) is 43.6 Å². The molecule has 0 aliphatic rings. The van der Waals surface area contributed by atoms with Crippen LogP contribution in [0, 0.1) is 10.1 Å². The van der Waals surface area contributed by atoms with Gasteiger partial charge in [-0.15, -0.1) is 0 Å². The number of nitrogens with zero attached hydrogens (tertiary/aromatic N) is 3. The molecule has 0 saturated heterocycles. The van der Waals surface area contributed by atoms with Crippen LogP contribution < -0.4 is 10.5 Å². The first-order valence-electron chi connectivity index (χ1n) is 4.87. The van der Waals surface area contributed by atoms with E-state index in [0.717, 1.165) is 0 Å². The summed E-state index contributed by atoms with van der Waals surface area (Å²) >= 11 is 6.40. The molecule has 0 amide bonds. The fourth-order valence-electron chi connectivity index (χ4n) is 1.26. The van der Waals surface area contributed by atoms with Gasteiger partial charge < -0.3 is 10.5 Å². The van der Waals surface area contributed by atoms with Crippen LogP contribution in [0.3, 0.4) is 0 Å². The SMILES string of the molecule is Nc1nccnc1Oc1c(Br)cc([N+](=O)[O-])cc1Br. The number of hydrogen-bond donors (Lipinski definition) is 1. The predicted molar refractivity (Wildman–Crippen MR) is 75.0 cm³/mol. The Labute approximate surface area is 124 Å². The molecule has 0 atom stereocenters. The highest BCUT2D eigenvalue weighted by Gasteiger charge is 2.17. The second kappa shape index (κ2) is 5.49. The van der Waals surface area contributed by atoms with E-state index in [9.17, 15) is 10.1 Å². The average Bonchev–Trinajstić information content (AvgIpc) is 2.35. The second-order valence-electron chi connectivity index (χ2n) is 3.34. The number of nitro benzene ring substituents is 1. The minimum Gasteiger partial charge on any atom is -0.434 e. The number of hydrogen-bond acceptors (Lipinski definition) is 6. The molecule has 0 spiro atoms. The lowest BCUT2D eigenvalue weighted by Gasteiger charge is -2.09. The summed E-state index contributed by atoms with van der Waals surface area (Å²) in [5.41, 5.74) is 5.54. The van der Waals surface area contributed by atoms with Crippen LogP contribution in [0.2, 0.25) is 0 Å². The van der Waals surface area contributed by atoms with Crippen molar-refractivity contribution in [3.63, 3.8) is 0 Å². The molecule has 0 radical (unpaired) electrons. The molecular weight excluding hydrogens is 384 g/mol. The van der Waals surface area contributed by atoms with Crippen LogP contribution in [-0.4, -0.2) is 14.9 Å². The molecule has 7 nitrogen and oxygen atoms in total. The number of nitrogens with two attached hydrogens (primary N) is 1. The van der Waals surface area contributed by atoms with E-state index in [1.807, 2.05) is 0 Å². The van der Waals surface area contributed by atoms with Crippen LogP contribution >= 0.6 is 31.9 Å². The van der Waals surface area contributed by atoms with Crippen LogP contribution in [-0.2, 0) is 0 Å². The Morgan fingerprint density at radius 1 is 1.21 bits per heavy atom. The Kier molecular flexibility index (Phi) is 3.96. The smallest absolute Gasteiger partial charge is 0.271 e. The third kappa shape index (κ3) is 2.99. The molecule has 0 fully saturated rings. The summed E-state index contributed by atoms with van der Waals surface area (Å²) in [6.07, 6.45) is 2.86. The van der Waals surface area contributed by atoms with Crippen molar-refractivity contribution in [2.45, 2.75) is 0 Å². The lowest BCUT2D eigenvalue weighted by molar-refractivity contribution is -0.385. The summed E-state index contributed by atoms with van der Waals surface area (Å²) in [6, 6.07) is 2.65. The first-order valence-corrected chi connectivity index (χ1v) is 6.45. The van der Waals surface area contributed by atoms with Crippen LogP contribution in [0.4, 0.5) is 11.5 Å². The van der Waals surface area contributed by atoms with Gasteiger partial charge in [0.25, 0.3) is 11.6 Å². The molecule has 2 aromatic rings. The zero-order valence-electron chi connectivity index (χ0n) is 9.21. The van der Waals surface area contributed by atoms with Gasteiger partial charge in [0.15, 0.2) is 11.6 Å². The van der Waals surface area contributed by atoms with Crippen LogP contribution in [0.15, 0.2) is 33.5 Å². The van der Waals surface area contributed by atoms with Crippen molar-refractivity contribution >= 4 is 43.4 Å². The summed E-state index contributed by atoms with van der Waals surface area (Å²) in [6.45, 7) is 0. The molecule has 19 heavy (non-hydrogen) atoms. The fraction of sp³-hybridized carbons (Fsp3) is 0. The highest BCUT2D eigenvalue weighted by Crippen LogP contribution is 2.39. The number of halogens is 2. The van der Waals surface area contributed by atoms with Crippen LogP contribution in [0.25, 0.3) is 0 Å². The first kappa shape index (κ1) is 13.7. The van der Waals surface area contributed by atoms with Gasteiger partial charge in [0, 0.05) is 24.5 Å². The highest BCUT2D eigenvalue weighted by molar-refractivity contribution is 9.11. The summed E-state index contributed by atoms with van der Waals surface area (Å²) < 4.78 is 6.29. The van der Waals surface area contributed by atoms with E-state index < -0.39 is 4.92 Å². The summed E-state index contributed by atoms with van der Waals surface area (Å²) in [4.78, 5) is 18.0. The number of aromatic nitrogens is 2. The Morgan fingerprint density at radius 2 is 1.79 bits per heavy atom. The first-order chi connectivity index (χ1) is 8.99. The molecule has 0 aliphatic carbocycles. The number of nitro groups is 1. The van der Waals surface area contributed by atoms with Gasteiger partial charge in [-0.2, -0.15) is 0 Å². The molecule has 1 aromatic carbocycles. The van der Waals surface area contributed by atoms with Crippen molar-refractivity contribution in [2.24, 2.45) is 0 Å². The third-order valence-electron chi connectivity index (χ3n) is 2.08. The van der Waals surface area contributed by atoms with Crippen molar-refractivity contribution < 1.29 is 9.66 Å². The minimum atomic E-state index is -0.504. The lowest BCUT2D eigenvalue weighted by Crippen LogP contribution is -1.98. The molecule has 2 N–H and O–H groups in total. The van der Waals surface area contributed by atoms with E-state index in [-0.39, 0.29) is 17.4 Å². The quantitative estimate of drug-likeness (QED) is 0.637. The molecule has 0 unspecified atom stereocenters. The molecule has 9 heteroatoms. The second-order valence-corrected chi connectivity index (χ2v) is 5.05. The maximum atomic E-state index is 10.7. The van der Waals surface area contributed by atoms with Gasteiger partial charge in [-0.05, 0) is 31.9 Å². The molecular formula is C10H6Br2N4O3. The Hall–Kier alpha value is -1.74. The van der Waals surface area contributed by atoms with Crippen LogP contribution in [0.5, 0.6) is 11.6 Å². The molecule has 0 saturated carbocycles. The number of ether oxygens (including phenoxy) is 1. The minimum absolute atomic E-state index is 0.0711. The van der Waals surface area contributed by atoms with E-state index in [1.54, 1.807) is 0 Å². The normalized spacial score (nSPS) is 10.2. The van der Waals surface area contributed by atoms with Crippen molar-refractivity contribution in [1.82, 2.24) is 9.97 Å². The fourth-order valence-corrected chi connectivity index (χ4v) is 2.58. The van der Waals surface area contributed by atoms with Gasteiger partial charge in [0.1, 0.15) is 0 Å². The molecule has 0 bridgehead atoms. The zero-order chi connectivity index (χ0) is 14.0. The average molecular weight is 390 g/mol. The molecule has 98 valence electrons. The van der Waals surface area contributed by atoms with E-state index in [4.69, 9.17) is 10.5 Å². The molecule has 1 heterocycles. The number of rotatable bonds is 3. The summed E-state index contributed by atoms with van der Waals surface area (Å²) in [5.74, 6) is 0.579. The molecule has 2 rings (SSSR count). The monoisotopic (exact) mass is 388 g/mol. The van der Waals surface area contributed by atoms with Crippen molar-refractivity contribution in [1.29, 1.82) is 0 Å². The van der Waals surface area contributed by atoms with Gasteiger partial charge in [0.05, 0.1) is 13.9 Å². The number of anilines is 1. The van der Waals surface area contributed by atoms with Crippen molar-refractivity contribution in [2.75, 3.05) is 5.73 Å². The Morgan fingerprint density at radius 3 is 2.32 bits per heavy atom. The maximum absolute atomic E-state index is 10.7. The lowest BCUT2D eigenvalue weighted by atomic mass is 10.3. The summed E-state index contributed by atoms with van der Waals surface area (Å²) in [5, 5.41) is 10.7. The number of benzene rings is 1. The van der Waals surface area contributed by atoms with E-state index in [1.165, 1.54) is 24.5 Å². The Bertz CT molecular complexity index is 627. The number of non-ortho nitro benzene ring substituents is 1. The summed E-state index contributed by atoms with van der Waals surface area (Å²) in [7, 11) is 0. The zero-order valence-corrected chi connectivity index (χ0v) is 12.4. The highest BCUT2D eigenvalue weighted by atomic mass is 79.9. The van der Waals surface area contributed by atoms with Crippen molar-refractivity contribution in [3.8, 4) is 11.6 Å². The van der Waals surface area contributed by atoms with E-state index in [2.05, 4.69) is 41.8 Å².